The van der Waals surface area contributed by atoms with Gasteiger partial charge in [-0.2, -0.15) is 0 Å². The third-order valence-electron chi connectivity index (χ3n) is 8.26. The molecule has 0 spiro atoms. The number of pyridine rings is 1. The van der Waals surface area contributed by atoms with Crippen LogP contribution in [-0.2, 0) is 13.0 Å². The first-order valence-electron chi connectivity index (χ1n) is 13.0. The predicted octanol–water partition coefficient (Wildman–Crippen LogP) is 5.39. The maximum absolute atomic E-state index is 15.0. The molecule has 5 nitrogen and oxygen atoms in total. The molecule has 1 aromatic heterocycles. The minimum absolute atomic E-state index is 0.0271. The van der Waals surface area contributed by atoms with Gasteiger partial charge in [-0.1, -0.05) is 0 Å². The lowest BCUT2D eigenvalue weighted by Crippen LogP contribution is -2.41. The summed E-state index contributed by atoms with van der Waals surface area (Å²) < 4.78 is 41.6. The molecular weight excluding hydrogens is 476 g/mol. The van der Waals surface area contributed by atoms with Gasteiger partial charge in [-0.15, -0.1) is 0 Å². The normalized spacial score (nSPS) is 24.2. The second-order valence-corrected chi connectivity index (χ2v) is 10.9. The third-order valence-corrected chi connectivity index (χ3v) is 8.26. The zero-order valence-corrected chi connectivity index (χ0v) is 21.0. The Morgan fingerprint density at radius 1 is 1.03 bits per heavy atom. The van der Waals surface area contributed by atoms with Crippen molar-refractivity contribution in [3.63, 3.8) is 0 Å². The molecular formula is C30H31F2NO4. The van der Waals surface area contributed by atoms with Crippen LogP contribution < -0.4 is 9.47 Å². The van der Waals surface area contributed by atoms with Crippen molar-refractivity contribution in [2.75, 3.05) is 6.61 Å². The first kappa shape index (κ1) is 24.3. The molecule has 3 aromatic rings. The lowest BCUT2D eigenvalue weighted by Gasteiger charge is -2.37. The highest BCUT2D eigenvalue weighted by atomic mass is 19.1. The Morgan fingerprint density at radius 2 is 1.78 bits per heavy atom. The van der Waals surface area contributed by atoms with Crippen LogP contribution in [0.4, 0.5) is 8.78 Å². The zero-order chi connectivity index (χ0) is 25.8. The highest BCUT2D eigenvalue weighted by Gasteiger charge is 2.45. The largest absolute Gasteiger partial charge is 0.490 e. The van der Waals surface area contributed by atoms with Crippen LogP contribution in [0, 0.1) is 37.3 Å². The first-order valence-corrected chi connectivity index (χ1v) is 13.0. The lowest BCUT2D eigenvalue weighted by molar-refractivity contribution is -0.0374. The van der Waals surface area contributed by atoms with E-state index in [2.05, 4.69) is 4.98 Å². The van der Waals surface area contributed by atoms with E-state index in [1.165, 1.54) is 23.6 Å². The molecule has 3 atom stereocenters. The summed E-state index contributed by atoms with van der Waals surface area (Å²) in [7, 11) is 0. The van der Waals surface area contributed by atoms with E-state index < -0.39 is 17.7 Å². The van der Waals surface area contributed by atoms with Crippen LogP contribution in [0.25, 0.3) is 11.1 Å². The second kappa shape index (κ2) is 9.37. The van der Waals surface area contributed by atoms with Crippen LogP contribution in [0.3, 0.4) is 0 Å². The van der Waals surface area contributed by atoms with Gasteiger partial charge in [0.15, 0.2) is 0 Å². The summed E-state index contributed by atoms with van der Waals surface area (Å²) in [6, 6.07) is 8.11. The van der Waals surface area contributed by atoms with E-state index in [0.717, 1.165) is 29.5 Å². The van der Waals surface area contributed by atoms with Crippen LogP contribution >= 0.6 is 0 Å². The molecule has 3 aliphatic rings. The topological polar surface area (TPSA) is 71.8 Å². The number of aryl methyl sites for hydroxylation is 2. The summed E-state index contributed by atoms with van der Waals surface area (Å²) in [5.74, 6) is 1.30. The van der Waals surface area contributed by atoms with Crippen molar-refractivity contribution in [2.24, 2.45) is 11.8 Å². The quantitative estimate of drug-likeness (QED) is 0.428. The van der Waals surface area contributed by atoms with Crippen molar-refractivity contribution in [3.05, 3.63) is 76.0 Å². The van der Waals surface area contributed by atoms with Crippen LogP contribution in [-0.4, -0.2) is 34.0 Å². The van der Waals surface area contributed by atoms with E-state index in [4.69, 9.17) is 14.6 Å². The third kappa shape index (κ3) is 4.59. The molecule has 0 saturated heterocycles. The molecule has 0 amide bonds. The average molecular weight is 508 g/mol. The number of nitrogens with zero attached hydrogens (tertiary/aromatic N) is 1. The molecule has 2 saturated carbocycles. The van der Waals surface area contributed by atoms with Gasteiger partial charge in [0.25, 0.3) is 0 Å². The van der Waals surface area contributed by atoms with Gasteiger partial charge in [0.05, 0.1) is 18.8 Å². The van der Waals surface area contributed by atoms with E-state index in [9.17, 15) is 13.9 Å². The number of hydrogen-bond donors (Lipinski definition) is 2. The monoisotopic (exact) mass is 507 g/mol. The molecule has 2 fully saturated rings. The standard InChI is InChI=1S/C30H31F2NO4/c1-15-3-21(37-22-6-19(7-22)28(35)13-34)4-16(2)30(15)24-9-20(26(31)11-27(24)32)14-36-29-10-18-5-17-8-23(17)25(18)12-33-29/h3-4,9-12,17,19,22-23,28,34-35H,5-8,13-14H2,1-2H3. The number of halogens is 2. The van der Waals surface area contributed by atoms with Gasteiger partial charge in [0, 0.05) is 29.5 Å². The molecule has 1 heterocycles. The fourth-order valence-electron chi connectivity index (χ4n) is 6.03. The van der Waals surface area contributed by atoms with Crippen molar-refractivity contribution >= 4 is 0 Å². The van der Waals surface area contributed by atoms with Crippen molar-refractivity contribution < 1.29 is 28.5 Å². The number of benzene rings is 2. The smallest absolute Gasteiger partial charge is 0.213 e. The molecule has 3 aliphatic carbocycles. The lowest BCUT2D eigenvalue weighted by atomic mass is 9.78. The molecule has 2 aromatic carbocycles. The minimum Gasteiger partial charge on any atom is -0.490 e. The van der Waals surface area contributed by atoms with Crippen LogP contribution in [0.5, 0.6) is 11.6 Å². The highest BCUT2D eigenvalue weighted by molar-refractivity contribution is 5.73. The number of fused-ring (bicyclic) bond motifs is 3. The van der Waals surface area contributed by atoms with Crippen LogP contribution in [0.2, 0.25) is 0 Å². The van der Waals surface area contributed by atoms with Gasteiger partial charge < -0.3 is 19.7 Å². The molecule has 194 valence electrons. The summed E-state index contributed by atoms with van der Waals surface area (Å²) in [4.78, 5) is 4.40. The Morgan fingerprint density at radius 3 is 2.51 bits per heavy atom. The van der Waals surface area contributed by atoms with Gasteiger partial charge in [-0.25, -0.2) is 13.8 Å². The highest BCUT2D eigenvalue weighted by Crippen LogP contribution is 2.56. The molecule has 0 bridgehead atoms. The van der Waals surface area contributed by atoms with Crippen molar-refractivity contribution in [1.82, 2.24) is 4.98 Å². The van der Waals surface area contributed by atoms with Gasteiger partial charge >= 0.3 is 0 Å². The summed E-state index contributed by atoms with van der Waals surface area (Å²) in [6.45, 7) is 3.48. The Labute approximate surface area is 215 Å². The predicted molar refractivity (Wildman–Crippen MR) is 135 cm³/mol. The van der Waals surface area contributed by atoms with Crippen LogP contribution in [0.1, 0.15) is 53.0 Å². The van der Waals surface area contributed by atoms with Gasteiger partial charge in [0.1, 0.15) is 24.0 Å². The molecule has 7 heteroatoms. The molecule has 37 heavy (non-hydrogen) atoms. The Hall–Kier alpha value is -3.03. The Bertz CT molecular complexity index is 1330. The molecule has 0 radical (unpaired) electrons. The van der Waals surface area contributed by atoms with Gasteiger partial charge in [0.2, 0.25) is 5.88 Å². The second-order valence-electron chi connectivity index (χ2n) is 10.9. The minimum atomic E-state index is -0.714. The van der Waals surface area contributed by atoms with Crippen molar-refractivity contribution in [2.45, 2.75) is 64.3 Å². The van der Waals surface area contributed by atoms with Crippen molar-refractivity contribution in [1.29, 1.82) is 0 Å². The van der Waals surface area contributed by atoms with Gasteiger partial charge in [-0.3, -0.25) is 0 Å². The number of aliphatic hydroxyl groups is 2. The van der Waals surface area contributed by atoms with Crippen molar-refractivity contribution in [3.8, 4) is 22.8 Å². The molecule has 3 unspecified atom stereocenters. The van der Waals surface area contributed by atoms with E-state index in [1.807, 2.05) is 38.2 Å². The number of rotatable bonds is 8. The summed E-state index contributed by atoms with van der Waals surface area (Å²) in [5.41, 5.74) is 5.49. The maximum Gasteiger partial charge on any atom is 0.213 e. The fourth-order valence-corrected chi connectivity index (χ4v) is 6.03. The molecule has 2 N–H and O–H groups in total. The number of aromatic nitrogens is 1. The first-order chi connectivity index (χ1) is 17.8. The zero-order valence-electron chi connectivity index (χ0n) is 21.0. The average Bonchev–Trinajstić information content (AvgIpc) is 3.51. The van der Waals surface area contributed by atoms with Gasteiger partial charge in [-0.05, 0) is 103 Å². The van der Waals surface area contributed by atoms with Crippen LogP contribution in [0.15, 0.2) is 36.5 Å². The maximum atomic E-state index is 15.0. The molecule has 6 rings (SSSR count). The summed E-state index contributed by atoms with van der Waals surface area (Å²) in [6.07, 6.45) is 4.80. The summed E-state index contributed by atoms with van der Waals surface area (Å²) in [5, 5.41) is 18.8. The Balaban J connectivity index is 1.18. The number of hydrogen-bond acceptors (Lipinski definition) is 5. The van der Waals surface area contributed by atoms with E-state index >= 15 is 0 Å². The van der Waals surface area contributed by atoms with E-state index in [0.29, 0.717) is 41.5 Å². The van der Waals surface area contributed by atoms with E-state index in [1.54, 1.807) is 0 Å². The fraction of sp³-hybridized carbons (Fsp3) is 0.433. The Kier molecular flexibility index (Phi) is 6.16. The number of ether oxygens (including phenoxy) is 2. The molecule has 0 aliphatic heterocycles. The SMILES string of the molecule is Cc1cc(OC2CC(C(O)CO)C2)cc(C)c1-c1cc(COc2cc3c(cn2)C2CC2C3)c(F)cc1F. The van der Waals surface area contributed by atoms with E-state index in [-0.39, 0.29) is 30.8 Å². The number of aliphatic hydroxyl groups excluding tert-OH is 2. The summed E-state index contributed by atoms with van der Waals surface area (Å²) >= 11 is 0.